The van der Waals surface area contributed by atoms with Crippen molar-refractivity contribution in [3.63, 3.8) is 0 Å². The van der Waals surface area contributed by atoms with Gasteiger partial charge in [-0.1, -0.05) is 6.08 Å². The molecule has 0 spiro atoms. The van der Waals surface area contributed by atoms with Gasteiger partial charge in [0.15, 0.2) is 5.96 Å². The summed E-state index contributed by atoms with van der Waals surface area (Å²) in [5, 5.41) is 3.28. The molecule has 1 aliphatic rings. The van der Waals surface area contributed by atoms with E-state index in [1.165, 1.54) is 0 Å². The third kappa shape index (κ3) is 5.46. The van der Waals surface area contributed by atoms with Crippen LogP contribution in [0.1, 0.15) is 20.8 Å². The van der Waals surface area contributed by atoms with Crippen molar-refractivity contribution in [2.45, 2.75) is 26.3 Å². The van der Waals surface area contributed by atoms with E-state index in [0.717, 1.165) is 38.7 Å². The van der Waals surface area contributed by atoms with Gasteiger partial charge in [0.05, 0.1) is 12.1 Å². The molecule has 0 aromatic carbocycles. The lowest BCUT2D eigenvalue weighted by atomic mass is 10.0. The Morgan fingerprint density at radius 1 is 1.38 bits per heavy atom. The molecule has 6 nitrogen and oxygen atoms in total. The van der Waals surface area contributed by atoms with Gasteiger partial charge >= 0.3 is 0 Å². The molecule has 0 saturated carbocycles. The molecule has 1 saturated heterocycles. The number of rotatable bonds is 5. The lowest BCUT2D eigenvalue weighted by molar-refractivity contribution is -0.129. The first-order chi connectivity index (χ1) is 9.43. The molecule has 1 rings (SSSR count). The van der Waals surface area contributed by atoms with E-state index in [2.05, 4.69) is 33.6 Å². The highest BCUT2D eigenvalue weighted by Gasteiger charge is 2.35. The molecule has 7 heteroatoms. The molecule has 0 bridgehead atoms. The van der Waals surface area contributed by atoms with Crippen LogP contribution in [-0.2, 0) is 4.79 Å². The van der Waals surface area contributed by atoms with Gasteiger partial charge in [-0.15, -0.1) is 30.6 Å². The van der Waals surface area contributed by atoms with E-state index >= 15 is 0 Å². The summed E-state index contributed by atoms with van der Waals surface area (Å²) in [6.07, 6.45) is 1.78. The largest absolute Gasteiger partial charge is 0.368 e. The summed E-state index contributed by atoms with van der Waals surface area (Å²) in [6.45, 7) is 14.2. The van der Waals surface area contributed by atoms with Crippen LogP contribution in [-0.4, -0.2) is 66.5 Å². The molecule has 0 radical (unpaired) electrons. The van der Waals surface area contributed by atoms with E-state index in [1.54, 1.807) is 6.08 Å². The van der Waals surface area contributed by atoms with E-state index in [-0.39, 0.29) is 29.9 Å². The maximum atomic E-state index is 11.5. The molecule has 1 fully saturated rings. The van der Waals surface area contributed by atoms with Gasteiger partial charge < -0.3 is 16.0 Å². The van der Waals surface area contributed by atoms with Gasteiger partial charge in [0.1, 0.15) is 0 Å². The molecule has 1 heterocycles. The molecule has 0 aliphatic carbocycles. The first-order valence-corrected chi connectivity index (χ1v) is 7.12. The molecule has 1 aliphatic heterocycles. The van der Waals surface area contributed by atoms with Crippen molar-refractivity contribution < 1.29 is 4.79 Å². The number of nitrogens with one attached hydrogen (secondary N) is 1. The molecule has 0 aromatic rings. The Morgan fingerprint density at radius 3 is 2.38 bits per heavy atom. The number of aliphatic imine (C=N–C) groups is 1. The first kappa shape index (κ1) is 20.2. The standard InChI is InChI=1S/C14H27N5O.HI/c1-5-7-17-13(16-6-2)18-8-10-19(11-9-18)14(3,4)12(15)20;/h5H,1,6-11H2,2-4H3,(H2,15,20)(H,16,17);1H. The Balaban J connectivity index is 0.00000400. The maximum Gasteiger partial charge on any atom is 0.237 e. The van der Waals surface area contributed by atoms with Gasteiger partial charge in [-0.05, 0) is 20.8 Å². The quantitative estimate of drug-likeness (QED) is 0.303. The second kappa shape index (κ2) is 9.24. The molecule has 21 heavy (non-hydrogen) atoms. The molecule has 0 aromatic heterocycles. The van der Waals surface area contributed by atoms with Crippen LogP contribution in [0, 0.1) is 0 Å². The van der Waals surface area contributed by atoms with Crippen LogP contribution in [0.25, 0.3) is 0 Å². The van der Waals surface area contributed by atoms with Gasteiger partial charge in [-0.25, -0.2) is 4.99 Å². The number of guanidine groups is 1. The van der Waals surface area contributed by atoms with E-state index in [9.17, 15) is 4.79 Å². The minimum Gasteiger partial charge on any atom is -0.368 e. The van der Waals surface area contributed by atoms with Crippen molar-refractivity contribution in [3.05, 3.63) is 12.7 Å². The van der Waals surface area contributed by atoms with E-state index in [4.69, 9.17) is 5.73 Å². The van der Waals surface area contributed by atoms with Crippen LogP contribution in [0.15, 0.2) is 17.6 Å². The van der Waals surface area contributed by atoms with Gasteiger partial charge in [-0.2, -0.15) is 0 Å². The highest BCUT2D eigenvalue weighted by atomic mass is 127. The highest BCUT2D eigenvalue weighted by Crippen LogP contribution is 2.16. The first-order valence-electron chi connectivity index (χ1n) is 7.12. The fraction of sp³-hybridized carbons (Fsp3) is 0.714. The summed E-state index contributed by atoms with van der Waals surface area (Å²) in [7, 11) is 0. The van der Waals surface area contributed by atoms with Crippen LogP contribution in [0.2, 0.25) is 0 Å². The molecular weight excluding hydrogens is 381 g/mol. The van der Waals surface area contributed by atoms with Crippen molar-refractivity contribution >= 4 is 35.8 Å². The molecule has 1 amide bonds. The van der Waals surface area contributed by atoms with Crippen molar-refractivity contribution in [3.8, 4) is 0 Å². The van der Waals surface area contributed by atoms with Gasteiger partial charge in [0, 0.05) is 32.7 Å². The minimum absolute atomic E-state index is 0. The van der Waals surface area contributed by atoms with Crippen LogP contribution in [0.5, 0.6) is 0 Å². The fourth-order valence-corrected chi connectivity index (χ4v) is 2.21. The van der Waals surface area contributed by atoms with Crippen LogP contribution >= 0.6 is 24.0 Å². The van der Waals surface area contributed by atoms with Crippen molar-refractivity contribution in [1.82, 2.24) is 15.1 Å². The van der Waals surface area contributed by atoms with Gasteiger partial charge in [0.25, 0.3) is 0 Å². The lowest BCUT2D eigenvalue weighted by Gasteiger charge is -2.43. The number of hydrogen-bond acceptors (Lipinski definition) is 3. The highest BCUT2D eigenvalue weighted by molar-refractivity contribution is 14.0. The number of carbonyl (C=O) groups is 1. The lowest BCUT2D eigenvalue weighted by Crippen LogP contribution is -2.61. The predicted octanol–water partition coefficient (Wildman–Crippen LogP) is 0.637. The number of piperazine rings is 1. The van der Waals surface area contributed by atoms with E-state index < -0.39 is 5.54 Å². The molecule has 3 N–H and O–H groups in total. The number of nitrogens with zero attached hydrogens (tertiary/aromatic N) is 3. The van der Waals surface area contributed by atoms with Crippen LogP contribution in [0.3, 0.4) is 0 Å². The van der Waals surface area contributed by atoms with E-state index in [0.29, 0.717) is 6.54 Å². The number of hydrogen-bond donors (Lipinski definition) is 2. The van der Waals surface area contributed by atoms with Gasteiger partial charge in [0.2, 0.25) is 5.91 Å². The molecule has 122 valence electrons. The van der Waals surface area contributed by atoms with Crippen LogP contribution < -0.4 is 11.1 Å². The average molecular weight is 409 g/mol. The summed E-state index contributed by atoms with van der Waals surface area (Å²) in [4.78, 5) is 20.3. The minimum atomic E-state index is -0.595. The fourth-order valence-electron chi connectivity index (χ4n) is 2.21. The summed E-state index contributed by atoms with van der Waals surface area (Å²) in [5.74, 6) is 0.627. The third-order valence-corrected chi connectivity index (χ3v) is 3.68. The average Bonchev–Trinajstić information content (AvgIpc) is 2.43. The summed E-state index contributed by atoms with van der Waals surface area (Å²) in [5.41, 5.74) is 4.87. The van der Waals surface area contributed by atoms with Crippen molar-refractivity contribution in [2.75, 3.05) is 39.3 Å². The topological polar surface area (TPSA) is 74.0 Å². The van der Waals surface area contributed by atoms with Crippen LogP contribution in [0.4, 0.5) is 0 Å². The van der Waals surface area contributed by atoms with Crippen molar-refractivity contribution in [1.29, 1.82) is 0 Å². The van der Waals surface area contributed by atoms with E-state index in [1.807, 2.05) is 13.8 Å². The maximum absolute atomic E-state index is 11.5. The number of carbonyl (C=O) groups excluding carboxylic acids is 1. The molecule has 0 unspecified atom stereocenters. The zero-order valence-electron chi connectivity index (χ0n) is 13.3. The Labute approximate surface area is 144 Å². The molecule has 0 atom stereocenters. The summed E-state index contributed by atoms with van der Waals surface area (Å²) < 4.78 is 0. The van der Waals surface area contributed by atoms with Crippen molar-refractivity contribution in [2.24, 2.45) is 10.7 Å². The Morgan fingerprint density at radius 2 is 1.95 bits per heavy atom. The normalized spacial score (nSPS) is 17.1. The third-order valence-electron chi connectivity index (χ3n) is 3.68. The second-order valence-electron chi connectivity index (χ2n) is 5.38. The SMILES string of the molecule is C=CCN=C(NCC)N1CCN(C(C)(C)C(N)=O)CC1.I. The number of primary amides is 1. The van der Waals surface area contributed by atoms with Gasteiger partial charge in [-0.3, -0.25) is 9.69 Å². The number of nitrogens with two attached hydrogens (primary N) is 1. The smallest absolute Gasteiger partial charge is 0.237 e. The Bertz CT molecular complexity index is 376. The monoisotopic (exact) mass is 409 g/mol. The second-order valence-corrected chi connectivity index (χ2v) is 5.38. The molecular formula is C14H28IN5O. The zero-order chi connectivity index (χ0) is 15.2. The Kier molecular flexibility index (Phi) is 8.88. The summed E-state index contributed by atoms with van der Waals surface area (Å²) >= 11 is 0. The number of amides is 1. The summed E-state index contributed by atoms with van der Waals surface area (Å²) in [6, 6.07) is 0. The zero-order valence-corrected chi connectivity index (χ0v) is 15.6. The predicted molar refractivity (Wildman–Crippen MR) is 98.0 cm³/mol. The Hall–Kier alpha value is -0.830. The number of halogens is 1.